The number of rotatable bonds is 1. The van der Waals surface area contributed by atoms with Crippen molar-refractivity contribution in [1.29, 1.82) is 0 Å². The van der Waals surface area contributed by atoms with E-state index in [1.54, 1.807) is 0 Å². The van der Waals surface area contributed by atoms with Crippen molar-refractivity contribution in [1.82, 2.24) is 10.2 Å². The SMILES string of the molecule is CC1(C)CNCCN1C(=O)CN.Cl. The lowest BCUT2D eigenvalue weighted by Crippen LogP contribution is -2.60. The minimum absolute atomic E-state index is 0. The fraction of sp³-hybridized carbons (Fsp3) is 0.875. The molecule has 0 unspecified atom stereocenters. The highest BCUT2D eigenvalue weighted by Crippen LogP contribution is 2.15. The molecule has 3 N–H and O–H groups in total. The van der Waals surface area contributed by atoms with Crippen LogP contribution in [0, 0.1) is 0 Å². The fourth-order valence-electron chi connectivity index (χ4n) is 1.56. The van der Waals surface area contributed by atoms with Crippen LogP contribution >= 0.6 is 12.4 Å². The Morgan fingerprint density at radius 3 is 2.69 bits per heavy atom. The highest BCUT2D eigenvalue weighted by atomic mass is 35.5. The highest BCUT2D eigenvalue weighted by molar-refractivity contribution is 5.85. The third-order valence-electron chi connectivity index (χ3n) is 2.28. The first kappa shape index (κ1) is 12.7. The zero-order valence-electron chi connectivity index (χ0n) is 8.17. The standard InChI is InChI=1S/C8H17N3O.ClH/c1-8(2)6-10-3-4-11(8)7(12)5-9;/h10H,3-6,9H2,1-2H3;1H. The van der Waals surface area contributed by atoms with Crippen LogP contribution in [0.3, 0.4) is 0 Å². The van der Waals surface area contributed by atoms with Crippen molar-refractivity contribution in [3.05, 3.63) is 0 Å². The third kappa shape index (κ3) is 2.83. The van der Waals surface area contributed by atoms with E-state index in [9.17, 15) is 4.79 Å². The molecule has 0 aromatic heterocycles. The summed E-state index contributed by atoms with van der Waals surface area (Å²) >= 11 is 0. The first-order valence-corrected chi connectivity index (χ1v) is 4.29. The van der Waals surface area contributed by atoms with Crippen LogP contribution < -0.4 is 11.1 Å². The highest BCUT2D eigenvalue weighted by Gasteiger charge is 2.32. The van der Waals surface area contributed by atoms with Crippen LogP contribution in [-0.2, 0) is 4.79 Å². The van der Waals surface area contributed by atoms with Gasteiger partial charge in [-0.2, -0.15) is 0 Å². The molecule has 1 aliphatic rings. The molecule has 0 atom stereocenters. The summed E-state index contributed by atoms with van der Waals surface area (Å²) in [6, 6.07) is 0. The van der Waals surface area contributed by atoms with Gasteiger partial charge in [0.25, 0.3) is 0 Å². The third-order valence-corrected chi connectivity index (χ3v) is 2.28. The number of piperazine rings is 1. The van der Waals surface area contributed by atoms with E-state index in [2.05, 4.69) is 5.32 Å². The maximum Gasteiger partial charge on any atom is 0.236 e. The van der Waals surface area contributed by atoms with Gasteiger partial charge in [0.1, 0.15) is 0 Å². The number of carbonyl (C=O) groups is 1. The van der Waals surface area contributed by atoms with E-state index in [1.807, 2.05) is 18.7 Å². The number of carbonyl (C=O) groups excluding carboxylic acids is 1. The first-order valence-electron chi connectivity index (χ1n) is 4.29. The molecule has 13 heavy (non-hydrogen) atoms. The van der Waals surface area contributed by atoms with Crippen LogP contribution in [0.2, 0.25) is 0 Å². The molecule has 1 aliphatic heterocycles. The smallest absolute Gasteiger partial charge is 0.236 e. The summed E-state index contributed by atoms with van der Waals surface area (Å²) < 4.78 is 0. The van der Waals surface area contributed by atoms with E-state index >= 15 is 0 Å². The predicted molar refractivity (Wildman–Crippen MR) is 55.0 cm³/mol. The van der Waals surface area contributed by atoms with Gasteiger partial charge in [0, 0.05) is 25.2 Å². The lowest BCUT2D eigenvalue weighted by atomic mass is 10.0. The summed E-state index contributed by atoms with van der Waals surface area (Å²) in [5, 5.41) is 3.25. The lowest BCUT2D eigenvalue weighted by molar-refractivity contribution is -0.136. The Bertz CT molecular complexity index is 184. The topological polar surface area (TPSA) is 58.4 Å². The Labute approximate surface area is 85.3 Å². The van der Waals surface area contributed by atoms with Crippen LogP contribution in [0.25, 0.3) is 0 Å². The van der Waals surface area contributed by atoms with E-state index in [0.29, 0.717) is 0 Å². The number of halogens is 1. The molecule has 5 heteroatoms. The summed E-state index contributed by atoms with van der Waals surface area (Å²) in [4.78, 5) is 13.2. The molecule has 0 radical (unpaired) electrons. The number of nitrogens with zero attached hydrogens (tertiary/aromatic N) is 1. The number of nitrogens with one attached hydrogen (secondary N) is 1. The molecule has 0 aromatic rings. The second kappa shape index (κ2) is 4.79. The van der Waals surface area contributed by atoms with Crippen molar-refractivity contribution in [3.63, 3.8) is 0 Å². The molecule has 78 valence electrons. The van der Waals surface area contributed by atoms with Gasteiger partial charge < -0.3 is 16.0 Å². The molecule has 1 amide bonds. The van der Waals surface area contributed by atoms with Crippen LogP contribution in [0.5, 0.6) is 0 Å². The predicted octanol–water partition coefficient (Wildman–Crippen LogP) is -0.423. The van der Waals surface area contributed by atoms with Gasteiger partial charge >= 0.3 is 0 Å². The van der Waals surface area contributed by atoms with Crippen LogP contribution in [0.1, 0.15) is 13.8 Å². The Morgan fingerprint density at radius 1 is 1.62 bits per heavy atom. The van der Waals surface area contributed by atoms with E-state index in [-0.39, 0.29) is 30.4 Å². The molecule has 1 saturated heterocycles. The molecule has 0 spiro atoms. The molecule has 0 bridgehead atoms. The summed E-state index contributed by atoms with van der Waals surface area (Å²) in [7, 11) is 0. The Morgan fingerprint density at radius 2 is 2.23 bits per heavy atom. The van der Waals surface area contributed by atoms with Crippen molar-refractivity contribution in [2.75, 3.05) is 26.2 Å². The Hall–Kier alpha value is -0.320. The second-order valence-electron chi connectivity index (χ2n) is 3.74. The average Bonchev–Trinajstić information content (AvgIpc) is 2.02. The maximum absolute atomic E-state index is 11.4. The maximum atomic E-state index is 11.4. The molecule has 0 aliphatic carbocycles. The van der Waals surface area contributed by atoms with E-state index in [4.69, 9.17) is 5.73 Å². The monoisotopic (exact) mass is 207 g/mol. The van der Waals surface area contributed by atoms with Gasteiger partial charge in [0.15, 0.2) is 0 Å². The minimum atomic E-state index is -0.0886. The van der Waals surface area contributed by atoms with E-state index in [0.717, 1.165) is 19.6 Å². The van der Waals surface area contributed by atoms with E-state index in [1.165, 1.54) is 0 Å². The largest absolute Gasteiger partial charge is 0.334 e. The van der Waals surface area contributed by atoms with Gasteiger partial charge in [0.2, 0.25) is 5.91 Å². The van der Waals surface area contributed by atoms with Gasteiger partial charge in [-0.3, -0.25) is 4.79 Å². The average molecular weight is 208 g/mol. The van der Waals surface area contributed by atoms with Crippen LogP contribution in [0.4, 0.5) is 0 Å². The van der Waals surface area contributed by atoms with Crippen molar-refractivity contribution >= 4 is 18.3 Å². The molecule has 0 aromatic carbocycles. The van der Waals surface area contributed by atoms with Gasteiger partial charge in [-0.1, -0.05) is 0 Å². The number of amides is 1. The van der Waals surface area contributed by atoms with Crippen molar-refractivity contribution in [2.24, 2.45) is 5.73 Å². The zero-order chi connectivity index (χ0) is 9.19. The van der Waals surface area contributed by atoms with E-state index < -0.39 is 0 Å². The number of hydrogen-bond acceptors (Lipinski definition) is 3. The number of hydrogen-bond donors (Lipinski definition) is 2. The van der Waals surface area contributed by atoms with Gasteiger partial charge in [-0.15, -0.1) is 12.4 Å². The summed E-state index contributed by atoms with van der Waals surface area (Å²) in [6.07, 6.45) is 0. The van der Waals surface area contributed by atoms with Gasteiger partial charge in [0.05, 0.1) is 6.54 Å². The van der Waals surface area contributed by atoms with Gasteiger partial charge in [-0.25, -0.2) is 0 Å². The molecule has 1 rings (SSSR count). The molecular formula is C8H18ClN3O. The fourth-order valence-corrected chi connectivity index (χ4v) is 1.56. The Balaban J connectivity index is 0.00000144. The van der Waals surface area contributed by atoms with Crippen molar-refractivity contribution in [2.45, 2.75) is 19.4 Å². The molecular weight excluding hydrogens is 190 g/mol. The van der Waals surface area contributed by atoms with Gasteiger partial charge in [-0.05, 0) is 13.8 Å². The summed E-state index contributed by atoms with van der Waals surface area (Å²) in [6.45, 7) is 6.69. The Kier molecular flexibility index (Phi) is 4.67. The normalized spacial score (nSPS) is 20.7. The summed E-state index contributed by atoms with van der Waals surface area (Å²) in [5.74, 6) is 0.0431. The zero-order valence-corrected chi connectivity index (χ0v) is 8.99. The number of nitrogens with two attached hydrogens (primary N) is 1. The van der Waals surface area contributed by atoms with Crippen LogP contribution in [0.15, 0.2) is 0 Å². The molecule has 4 nitrogen and oxygen atoms in total. The molecule has 1 heterocycles. The minimum Gasteiger partial charge on any atom is -0.334 e. The second-order valence-corrected chi connectivity index (χ2v) is 3.74. The molecule has 1 fully saturated rings. The molecule has 0 saturated carbocycles. The van der Waals surface area contributed by atoms with Crippen LogP contribution in [-0.4, -0.2) is 42.5 Å². The quantitative estimate of drug-likeness (QED) is 0.614. The van der Waals surface area contributed by atoms with Crippen molar-refractivity contribution in [3.8, 4) is 0 Å². The van der Waals surface area contributed by atoms with Crippen molar-refractivity contribution < 1.29 is 4.79 Å². The first-order chi connectivity index (χ1) is 5.58. The lowest BCUT2D eigenvalue weighted by Gasteiger charge is -2.42. The summed E-state index contributed by atoms with van der Waals surface area (Å²) in [5.41, 5.74) is 5.22.